The van der Waals surface area contributed by atoms with Crippen LogP contribution < -0.4 is 4.72 Å². The van der Waals surface area contributed by atoms with E-state index < -0.39 is 10.0 Å². The number of sulfonamides is 1. The zero-order chi connectivity index (χ0) is 11.9. The Kier molecular flexibility index (Phi) is 6.22. The third-order valence-corrected chi connectivity index (χ3v) is 3.69. The molecule has 1 heterocycles. The van der Waals surface area contributed by atoms with Crippen molar-refractivity contribution in [3.05, 3.63) is 0 Å². The van der Waals surface area contributed by atoms with Crippen molar-refractivity contribution in [2.24, 2.45) is 0 Å². The molecule has 1 fully saturated rings. The predicted molar refractivity (Wildman–Crippen MR) is 58.7 cm³/mol. The van der Waals surface area contributed by atoms with Crippen LogP contribution in [0.15, 0.2) is 0 Å². The van der Waals surface area contributed by atoms with E-state index in [1.165, 1.54) is 0 Å². The summed E-state index contributed by atoms with van der Waals surface area (Å²) in [5, 5.41) is 8.43. The van der Waals surface area contributed by atoms with Gasteiger partial charge in [0.1, 0.15) is 0 Å². The third-order valence-electron chi connectivity index (χ3n) is 2.23. The summed E-state index contributed by atoms with van der Waals surface area (Å²) in [5.74, 6) is 0.0208. The van der Waals surface area contributed by atoms with Crippen LogP contribution in [-0.4, -0.2) is 58.4 Å². The number of rotatable bonds is 8. The topological polar surface area (TPSA) is 84.9 Å². The summed E-state index contributed by atoms with van der Waals surface area (Å²) < 4.78 is 35.7. The van der Waals surface area contributed by atoms with Gasteiger partial charge in [0.2, 0.25) is 10.0 Å². The summed E-state index contributed by atoms with van der Waals surface area (Å²) in [6, 6.07) is 0. The Labute approximate surface area is 96.0 Å². The van der Waals surface area contributed by atoms with Gasteiger partial charge in [-0.2, -0.15) is 0 Å². The predicted octanol–water partition coefficient (Wildman–Crippen LogP) is -0.906. The van der Waals surface area contributed by atoms with Gasteiger partial charge in [-0.25, -0.2) is 13.1 Å². The van der Waals surface area contributed by atoms with Crippen LogP contribution in [0.1, 0.15) is 12.8 Å². The first-order chi connectivity index (χ1) is 7.64. The Morgan fingerprint density at radius 2 is 2.25 bits per heavy atom. The van der Waals surface area contributed by atoms with Crippen LogP contribution in [0.4, 0.5) is 0 Å². The normalized spacial score (nSPS) is 21.4. The molecule has 0 aromatic carbocycles. The van der Waals surface area contributed by atoms with Gasteiger partial charge in [0.15, 0.2) is 0 Å². The largest absolute Gasteiger partial charge is 0.394 e. The summed E-state index contributed by atoms with van der Waals surface area (Å²) in [5.41, 5.74) is 0. The van der Waals surface area contributed by atoms with E-state index in [0.29, 0.717) is 6.61 Å². The fourth-order valence-corrected chi connectivity index (χ4v) is 2.78. The van der Waals surface area contributed by atoms with Crippen molar-refractivity contribution in [1.82, 2.24) is 4.72 Å². The van der Waals surface area contributed by atoms with Crippen molar-refractivity contribution in [2.75, 3.05) is 38.7 Å². The van der Waals surface area contributed by atoms with E-state index in [-0.39, 0.29) is 38.2 Å². The Balaban J connectivity index is 2.13. The molecule has 0 amide bonds. The van der Waals surface area contributed by atoms with Crippen molar-refractivity contribution in [3.8, 4) is 0 Å². The zero-order valence-electron chi connectivity index (χ0n) is 9.22. The second-order valence-corrected chi connectivity index (χ2v) is 5.50. The molecule has 7 heteroatoms. The summed E-state index contributed by atoms with van der Waals surface area (Å²) in [6.45, 7) is 1.33. The van der Waals surface area contributed by atoms with Crippen molar-refractivity contribution in [2.45, 2.75) is 18.9 Å². The highest BCUT2D eigenvalue weighted by atomic mass is 32.2. The second kappa shape index (κ2) is 7.18. The first-order valence-corrected chi connectivity index (χ1v) is 7.07. The summed E-state index contributed by atoms with van der Waals surface area (Å²) in [4.78, 5) is 0. The van der Waals surface area contributed by atoms with Gasteiger partial charge in [-0.3, -0.25) is 0 Å². The molecule has 0 aromatic rings. The van der Waals surface area contributed by atoms with Crippen molar-refractivity contribution >= 4 is 10.0 Å². The molecule has 2 N–H and O–H groups in total. The number of hydrogen-bond donors (Lipinski definition) is 2. The van der Waals surface area contributed by atoms with Gasteiger partial charge in [-0.05, 0) is 12.8 Å². The van der Waals surface area contributed by atoms with Crippen LogP contribution in [0.3, 0.4) is 0 Å². The van der Waals surface area contributed by atoms with Gasteiger partial charge in [0.25, 0.3) is 0 Å². The second-order valence-electron chi connectivity index (χ2n) is 3.65. The molecule has 1 aliphatic rings. The zero-order valence-corrected chi connectivity index (χ0v) is 10.0. The number of nitrogens with one attached hydrogen (secondary N) is 1. The first-order valence-electron chi connectivity index (χ1n) is 5.41. The molecule has 0 bridgehead atoms. The minimum atomic E-state index is -3.27. The molecular weight excluding hydrogens is 234 g/mol. The van der Waals surface area contributed by atoms with Gasteiger partial charge >= 0.3 is 0 Å². The average Bonchev–Trinajstić information content (AvgIpc) is 2.69. The van der Waals surface area contributed by atoms with Crippen molar-refractivity contribution in [1.29, 1.82) is 0 Å². The molecular formula is C9H19NO5S. The maximum atomic E-state index is 11.5. The Bertz CT molecular complexity index is 274. The van der Waals surface area contributed by atoms with Crippen LogP contribution in [-0.2, 0) is 19.5 Å². The molecule has 1 atom stereocenters. The van der Waals surface area contributed by atoms with E-state index in [4.69, 9.17) is 14.6 Å². The van der Waals surface area contributed by atoms with Gasteiger partial charge in [-0.15, -0.1) is 0 Å². The van der Waals surface area contributed by atoms with Crippen LogP contribution >= 0.6 is 0 Å². The van der Waals surface area contributed by atoms with Crippen LogP contribution in [0.2, 0.25) is 0 Å². The van der Waals surface area contributed by atoms with Gasteiger partial charge in [0.05, 0.1) is 31.7 Å². The summed E-state index contributed by atoms with van der Waals surface area (Å²) in [7, 11) is -3.27. The molecule has 0 saturated carbocycles. The fraction of sp³-hybridized carbons (Fsp3) is 1.00. The Hall–Kier alpha value is -0.210. The molecule has 1 rings (SSSR count). The van der Waals surface area contributed by atoms with E-state index in [1.807, 2.05) is 0 Å². The van der Waals surface area contributed by atoms with E-state index in [0.717, 1.165) is 12.8 Å². The monoisotopic (exact) mass is 253 g/mol. The highest BCUT2D eigenvalue weighted by Gasteiger charge is 2.22. The number of aliphatic hydroxyl groups excluding tert-OH is 1. The molecule has 0 radical (unpaired) electrons. The van der Waals surface area contributed by atoms with Crippen molar-refractivity contribution < 1.29 is 23.0 Å². The smallest absolute Gasteiger partial charge is 0.214 e. The molecule has 1 aliphatic heterocycles. The minimum absolute atomic E-state index is 0.0208. The van der Waals surface area contributed by atoms with E-state index in [9.17, 15) is 8.42 Å². The number of hydrogen-bond acceptors (Lipinski definition) is 5. The molecule has 1 unspecified atom stereocenters. The lowest BCUT2D eigenvalue weighted by atomic mass is 10.3. The van der Waals surface area contributed by atoms with E-state index in [1.54, 1.807) is 0 Å². The lowest BCUT2D eigenvalue weighted by molar-refractivity contribution is 0.0960. The molecule has 6 nitrogen and oxygen atoms in total. The van der Waals surface area contributed by atoms with Crippen molar-refractivity contribution in [3.63, 3.8) is 0 Å². The molecule has 16 heavy (non-hydrogen) atoms. The number of aliphatic hydroxyl groups is 1. The maximum absolute atomic E-state index is 11.5. The lowest BCUT2D eigenvalue weighted by Gasteiger charge is -2.11. The SMILES string of the molecule is O=S(=O)(CC1CCCO1)NCCOCCO. The van der Waals surface area contributed by atoms with E-state index >= 15 is 0 Å². The standard InChI is InChI=1S/C9H19NO5S/c11-4-7-14-6-3-10-16(12,13)8-9-2-1-5-15-9/h9-11H,1-8H2. The van der Waals surface area contributed by atoms with Crippen LogP contribution in [0.25, 0.3) is 0 Å². The van der Waals surface area contributed by atoms with Crippen LogP contribution in [0.5, 0.6) is 0 Å². The first kappa shape index (κ1) is 13.9. The Morgan fingerprint density at radius 3 is 2.88 bits per heavy atom. The molecule has 0 aromatic heterocycles. The quantitative estimate of drug-likeness (QED) is 0.547. The summed E-state index contributed by atoms with van der Waals surface area (Å²) >= 11 is 0. The van der Waals surface area contributed by atoms with E-state index in [2.05, 4.69) is 4.72 Å². The highest BCUT2D eigenvalue weighted by Crippen LogP contribution is 2.13. The van der Waals surface area contributed by atoms with Crippen LogP contribution in [0, 0.1) is 0 Å². The van der Waals surface area contributed by atoms with Gasteiger partial charge < -0.3 is 14.6 Å². The average molecular weight is 253 g/mol. The third kappa shape index (κ3) is 5.76. The summed E-state index contributed by atoms with van der Waals surface area (Å²) in [6.07, 6.45) is 1.57. The highest BCUT2D eigenvalue weighted by molar-refractivity contribution is 7.89. The van der Waals surface area contributed by atoms with Gasteiger partial charge in [-0.1, -0.05) is 0 Å². The Morgan fingerprint density at radius 1 is 1.44 bits per heavy atom. The molecule has 0 spiro atoms. The number of ether oxygens (including phenoxy) is 2. The fourth-order valence-electron chi connectivity index (χ4n) is 1.52. The molecule has 1 saturated heterocycles. The minimum Gasteiger partial charge on any atom is -0.394 e. The lowest BCUT2D eigenvalue weighted by Crippen LogP contribution is -2.34. The maximum Gasteiger partial charge on any atom is 0.214 e. The van der Waals surface area contributed by atoms with Gasteiger partial charge in [0, 0.05) is 13.2 Å². The molecule has 96 valence electrons. The molecule has 0 aliphatic carbocycles.